The first kappa shape index (κ1) is 34.4. The van der Waals surface area contributed by atoms with E-state index >= 15 is 0 Å². The molecule has 12 nitrogen and oxygen atoms in total. The monoisotopic (exact) mass is 612 g/mol. The van der Waals surface area contributed by atoms with Crippen molar-refractivity contribution in [1.82, 2.24) is 15.2 Å². The highest BCUT2D eigenvalue weighted by Gasteiger charge is 2.46. The largest absolute Gasteiger partial charge is 0.467 e. The summed E-state index contributed by atoms with van der Waals surface area (Å²) in [7, 11) is 5.16. The van der Waals surface area contributed by atoms with Gasteiger partial charge in [0.1, 0.15) is 23.1 Å². The maximum atomic E-state index is 13.8. The van der Waals surface area contributed by atoms with Gasteiger partial charge >= 0.3 is 18.2 Å². The van der Waals surface area contributed by atoms with Gasteiger partial charge in [-0.3, -0.25) is 9.80 Å². The van der Waals surface area contributed by atoms with Gasteiger partial charge in [0.2, 0.25) is 0 Å². The average molecular weight is 613 g/mol. The Bertz CT molecular complexity index is 1320. The van der Waals surface area contributed by atoms with Gasteiger partial charge in [-0.25, -0.2) is 19.4 Å². The summed E-state index contributed by atoms with van der Waals surface area (Å²) in [5.41, 5.74) is 7.71. The SMILES string of the molecule is CNCCCN(C)c1c(N)cccc1-c1cccc(N(C(=O)OC(C)(C)C)C2CC(C(=O)OC)N(C(=O)OC(C)(C)C)C2)n1. The van der Waals surface area contributed by atoms with E-state index in [1.54, 1.807) is 53.7 Å². The summed E-state index contributed by atoms with van der Waals surface area (Å²) in [6.45, 7) is 12.2. The molecule has 0 bridgehead atoms. The first-order valence-electron chi connectivity index (χ1n) is 14.9. The van der Waals surface area contributed by atoms with Crippen LogP contribution in [0.15, 0.2) is 36.4 Å². The summed E-state index contributed by atoms with van der Waals surface area (Å²) >= 11 is 0. The Kier molecular flexibility index (Phi) is 11.1. The molecule has 1 fully saturated rings. The molecule has 44 heavy (non-hydrogen) atoms. The Morgan fingerprint density at radius 2 is 1.70 bits per heavy atom. The van der Waals surface area contributed by atoms with Gasteiger partial charge in [0, 0.05) is 32.1 Å². The Balaban J connectivity index is 2.08. The van der Waals surface area contributed by atoms with Crippen LogP contribution in [0.5, 0.6) is 0 Å². The van der Waals surface area contributed by atoms with Crippen molar-refractivity contribution in [3.05, 3.63) is 36.4 Å². The lowest BCUT2D eigenvalue weighted by atomic mass is 10.1. The predicted octanol–water partition coefficient (Wildman–Crippen LogP) is 4.67. The summed E-state index contributed by atoms with van der Waals surface area (Å²) in [6, 6.07) is 9.41. The lowest BCUT2D eigenvalue weighted by molar-refractivity contribution is -0.145. The minimum absolute atomic E-state index is 0.0115. The minimum atomic E-state index is -0.959. The van der Waals surface area contributed by atoms with Gasteiger partial charge in [0.05, 0.1) is 30.2 Å². The van der Waals surface area contributed by atoms with Crippen molar-refractivity contribution in [2.45, 2.75) is 77.7 Å². The van der Waals surface area contributed by atoms with Gasteiger partial charge in [0.15, 0.2) is 0 Å². The first-order chi connectivity index (χ1) is 20.6. The number of hydrogen-bond acceptors (Lipinski definition) is 10. The molecule has 3 N–H and O–H groups in total. The summed E-state index contributed by atoms with van der Waals surface area (Å²) in [4.78, 5) is 49.5. The van der Waals surface area contributed by atoms with Gasteiger partial charge in [-0.1, -0.05) is 18.2 Å². The van der Waals surface area contributed by atoms with Crippen LogP contribution in [0.25, 0.3) is 11.3 Å². The van der Waals surface area contributed by atoms with E-state index in [0.29, 0.717) is 17.2 Å². The van der Waals surface area contributed by atoms with Crippen LogP contribution >= 0.6 is 0 Å². The van der Waals surface area contributed by atoms with Crippen LogP contribution in [0.3, 0.4) is 0 Å². The van der Waals surface area contributed by atoms with E-state index in [0.717, 1.165) is 30.8 Å². The molecule has 1 aromatic carbocycles. The van der Waals surface area contributed by atoms with Crippen molar-refractivity contribution >= 4 is 35.3 Å². The van der Waals surface area contributed by atoms with E-state index in [1.807, 2.05) is 38.4 Å². The molecule has 242 valence electrons. The predicted molar refractivity (Wildman–Crippen MR) is 172 cm³/mol. The standard InChI is InChI=1S/C32H48N6O6/c1-31(2,3)43-29(40)37-20-21(19-25(37)28(39)42-9)38(30(41)44-32(4,5)6)26-16-11-15-24(35-26)22-13-10-14-23(33)27(22)36(8)18-12-17-34-7/h10-11,13-16,21,25,34H,12,17-20,33H2,1-9H3. The number of nitrogens with one attached hydrogen (secondary N) is 1. The van der Waals surface area contributed by atoms with Crippen molar-refractivity contribution in [3.8, 4) is 11.3 Å². The molecule has 2 aromatic rings. The molecule has 1 aliphatic heterocycles. The fourth-order valence-corrected chi connectivity index (χ4v) is 5.13. The number of carbonyl (C=O) groups excluding carboxylic acids is 3. The summed E-state index contributed by atoms with van der Waals surface area (Å²) in [5.74, 6) is -0.294. The van der Waals surface area contributed by atoms with Crippen molar-refractivity contribution < 1.29 is 28.6 Å². The molecule has 2 heterocycles. The highest BCUT2D eigenvalue weighted by molar-refractivity contribution is 5.91. The molecular formula is C32H48N6O6. The van der Waals surface area contributed by atoms with E-state index in [1.165, 1.54) is 16.9 Å². The van der Waals surface area contributed by atoms with E-state index in [-0.39, 0.29) is 13.0 Å². The Labute approximate surface area is 260 Å². The van der Waals surface area contributed by atoms with Crippen LogP contribution < -0.4 is 20.9 Å². The molecule has 0 aliphatic carbocycles. The number of likely N-dealkylation sites (tertiary alicyclic amines) is 1. The van der Waals surface area contributed by atoms with Crippen LogP contribution in [0, 0.1) is 0 Å². The van der Waals surface area contributed by atoms with E-state index in [4.69, 9.17) is 24.9 Å². The lowest BCUT2D eigenvalue weighted by Crippen LogP contribution is -2.46. The molecule has 0 saturated carbocycles. The molecule has 3 rings (SSSR count). The fourth-order valence-electron chi connectivity index (χ4n) is 5.13. The second-order valence-electron chi connectivity index (χ2n) is 12.9. The molecule has 12 heteroatoms. The van der Waals surface area contributed by atoms with E-state index in [9.17, 15) is 14.4 Å². The smallest absolute Gasteiger partial charge is 0.416 e. The van der Waals surface area contributed by atoms with E-state index in [2.05, 4.69) is 10.2 Å². The number of nitrogens with two attached hydrogens (primary N) is 1. The zero-order valence-corrected chi connectivity index (χ0v) is 27.5. The van der Waals surface area contributed by atoms with Gasteiger partial charge in [-0.05, 0) is 79.8 Å². The molecule has 0 radical (unpaired) electrons. The number of para-hydroxylation sites is 1. The quantitative estimate of drug-likeness (QED) is 0.178. The third kappa shape index (κ3) is 8.75. The number of carbonyl (C=O) groups is 3. The van der Waals surface area contributed by atoms with Gasteiger partial charge in [-0.2, -0.15) is 0 Å². The van der Waals surface area contributed by atoms with Gasteiger partial charge in [-0.15, -0.1) is 0 Å². The topological polar surface area (TPSA) is 140 Å². The molecule has 2 atom stereocenters. The number of hydrogen-bond donors (Lipinski definition) is 2. The number of amides is 2. The zero-order chi connectivity index (χ0) is 32.8. The highest BCUT2D eigenvalue weighted by Crippen LogP contribution is 2.36. The second kappa shape index (κ2) is 14.1. The molecule has 1 aliphatic rings. The van der Waals surface area contributed by atoms with Crippen molar-refractivity contribution in [2.24, 2.45) is 0 Å². The number of nitrogen functional groups attached to an aromatic ring is 1. The normalized spacial score (nSPS) is 16.8. The summed E-state index contributed by atoms with van der Waals surface area (Å²) < 4.78 is 16.4. The van der Waals surface area contributed by atoms with Crippen LogP contribution in [0.4, 0.5) is 26.8 Å². The van der Waals surface area contributed by atoms with Crippen molar-refractivity contribution in [1.29, 1.82) is 0 Å². The number of aromatic nitrogens is 1. The molecule has 1 saturated heterocycles. The number of anilines is 3. The van der Waals surface area contributed by atoms with Crippen LogP contribution in [0.2, 0.25) is 0 Å². The molecule has 0 spiro atoms. The fraction of sp³-hybridized carbons (Fsp3) is 0.562. The second-order valence-corrected chi connectivity index (χ2v) is 12.9. The van der Waals surface area contributed by atoms with Gasteiger partial charge in [0.25, 0.3) is 0 Å². The number of methoxy groups -OCH3 is 1. The van der Waals surface area contributed by atoms with E-state index < -0.39 is 41.4 Å². The Morgan fingerprint density at radius 1 is 1.05 bits per heavy atom. The minimum Gasteiger partial charge on any atom is -0.467 e. The summed E-state index contributed by atoms with van der Waals surface area (Å²) in [6.07, 6.45) is -0.308. The third-order valence-corrected chi connectivity index (χ3v) is 6.96. The lowest BCUT2D eigenvalue weighted by Gasteiger charge is -2.31. The van der Waals surface area contributed by atoms with Crippen LogP contribution in [-0.2, 0) is 19.0 Å². The van der Waals surface area contributed by atoms with Crippen molar-refractivity contribution in [2.75, 3.05) is 56.4 Å². The Hall–Kier alpha value is -4.06. The number of ether oxygens (including phenoxy) is 3. The van der Waals surface area contributed by atoms with Crippen LogP contribution in [-0.4, -0.2) is 92.2 Å². The third-order valence-electron chi connectivity index (χ3n) is 6.96. The maximum Gasteiger partial charge on any atom is 0.416 e. The number of rotatable bonds is 9. The Morgan fingerprint density at radius 3 is 2.32 bits per heavy atom. The number of pyridine rings is 1. The molecule has 2 amide bonds. The number of nitrogens with zero attached hydrogens (tertiary/aromatic N) is 4. The number of benzene rings is 1. The van der Waals surface area contributed by atoms with Gasteiger partial charge < -0.3 is 30.2 Å². The molecule has 2 unspecified atom stereocenters. The summed E-state index contributed by atoms with van der Waals surface area (Å²) in [5, 5.41) is 3.16. The first-order valence-corrected chi connectivity index (χ1v) is 14.9. The average Bonchev–Trinajstić information content (AvgIpc) is 3.36. The highest BCUT2D eigenvalue weighted by atomic mass is 16.6. The molecular weight excluding hydrogens is 564 g/mol. The number of esters is 1. The van der Waals surface area contributed by atoms with Crippen LogP contribution in [0.1, 0.15) is 54.4 Å². The maximum absolute atomic E-state index is 13.8. The zero-order valence-electron chi connectivity index (χ0n) is 27.5. The van der Waals surface area contributed by atoms with Crippen molar-refractivity contribution in [3.63, 3.8) is 0 Å². The molecule has 1 aromatic heterocycles.